The van der Waals surface area contributed by atoms with Gasteiger partial charge in [-0.3, -0.25) is 9.59 Å². The molecule has 0 saturated heterocycles. The monoisotopic (exact) mass is 227 g/mol. The summed E-state index contributed by atoms with van der Waals surface area (Å²) in [6, 6.07) is 0.974. The number of carbonyl (C=O) groups excluding carboxylic acids is 2. The van der Waals surface area contributed by atoms with Gasteiger partial charge in [-0.1, -0.05) is 5.16 Å². The van der Waals surface area contributed by atoms with Crippen LogP contribution in [0.15, 0.2) is 10.6 Å². The van der Waals surface area contributed by atoms with Gasteiger partial charge < -0.3 is 20.3 Å². The molecule has 0 aliphatic rings. The molecule has 2 amide bonds. The molecule has 0 bridgehead atoms. The Kier molecular flexibility index (Phi) is 3.24. The molecule has 0 unspecified atom stereocenters. The molecule has 3 N–H and O–H groups in total. The molecule has 1 rings (SSSR count). The number of primary amides is 1. The van der Waals surface area contributed by atoms with Crippen molar-refractivity contribution in [3.63, 3.8) is 0 Å². The zero-order valence-electron chi connectivity index (χ0n) is 8.34. The Balaban J connectivity index is 2.80. The van der Waals surface area contributed by atoms with E-state index in [4.69, 9.17) is 10.8 Å². The van der Waals surface area contributed by atoms with Crippen molar-refractivity contribution in [1.82, 2.24) is 10.1 Å². The van der Waals surface area contributed by atoms with Gasteiger partial charge in [0.2, 0.25) is 11.7 Å². The number of amides is 2. The lowest BCUT2D eigenvalue weighted by atomic mass is 10.3. The van der Waals surface area contributed by atoms with E-state index in [2.05, 4.69) is 9.68 Å². The zero-order chi connectivity index (χ0) is 12.3. The second-order valence-electron chi connectivity index (χ2n) is 3.01. The van der Waals surface area contributed by atoms with Gasteiger partial charge in [-0.2, -0.15) is 0 Å². The average Bonchev–Trinajstić information content (AvgIpc) is 2.64. The molecule has 0 aliphatic carbocycles. The van der Waals surface area contributed by atoms with Crippen molar-refractivity contribution in [3.05, 3.63) is 17.5 Å². The van der Waals surface area contributed by atoms with E-state index in [0.29, 0.717) is 0 Å². The van der Waals surface area contributed by atoms with Gasteiger partial charge in [0.25, 0.3) is 5.91 Å². The quantitative estimate of drug-likeness (QED) is 0.674. The highest BCUT2D eigenvalue weighted by Crippen LogP contribution is 2.05. The van der Waals surface area contributed by atoms with E-state index >= 15 is 0 Å². The van der Waals surface area contributed by atoms with Gasteiger partial charge in [0.05, 0.1) is 6.54 Å². The lowest BCUT2D eigenvalue weighted by Crippen LogP contribution is -2.35. The van der Waals surface area contributed by atoms with Crippen LogP contribution in [0, 0.1) is 0 Å². The molecule has 0 radical (unpaired) electrons. The largest absolute Gasteiger partial charge is 0.475 e. The van der Waals surface area contributed by atoms with Gasteiger partial charge >= 0.3 is 5.97 Å². The van der Waals surface area contributed by atoms with Crippen LogP contribution in [0.25, 0.3) is 0 Å². The molecule has 0 aromatic carbocycles. The van der Waals surface area contributed by atoms with Gasteiger partial charge in [-0.25, -0.2) is 4.79 Å². The molecule has 1 heterocycles. The van der Waals surface area contributed by atoms with Crippen LogP contribution >= 0.6 is 0 Å². The van der Waals surface area contributed by atoms with Crippen molar-refractivity contribution in [2.24, 2.45) is 5.73 Å². The number of aromatic carboxylic acids is 1. The normalized spacial score (nSPS) is 9.81. The average molecular weight is 227 g/mol. The predicted octanol–water partition coefficient (Wildman–Crippen LogP) is -1.07. The van der Waals surface area contributed by atoms with E-state index in [1.54, 1.807) is 0 Å². The Morgan fingerprint density at radius 3 is 2.62 bits per heavy atom. The van der Waals surface area contributed by atoms with Crippen LogP contribution in [0.2, 0.25) is 0 Å². The Morgan fingerprint density at radius 2 is 2.19 bits per heavy atom. The van der Waals surface area contributed by atoms with Gasteiger partial charge in [0.1, 0.15) is 0 Å². The minimum absolute atomic E-state index is 0.193. The number of hydrogen-bond acceptors (Lipinski definition) is 5. The van der Waals surface area contributed by atoms with Crippen LogP contribution in [-0.2, 0) is 4.79 Å². The van der Waals surface area contributed by atoms with Crippen molar-refractivity contribution >= 4 is 17.8 Å². The first-order valence-corrected chi connectivity index (χ1v) is 4.15. The molecule has 16 heavy (non-hydrogen) atoms. The topological polar surface area (TPSA) is 127 Å². The van der Waals surface area contributed by atoms with E-state index in [-0.39, 0.29) is 12.2 Å². The fourth-order valence-electron chi connectivity index (χ4n) is 0.978. The highest BCUT2D eigenvalue weighted by molar-refractivity contribution is 5.96. The number of aromatic nitrogens is 1. The van der Waals surface area contributed by atoms with Gasteiger partial charge in [-0.05, 0) is 0 Å². The molecule has 0 fully saturated rings. The fourth-order valence-corrected chi connectivity index (χ4v) is 0.978. The lowest BCUT2D eigenvalue weighted by Gasteiger charge is -2.12. The maximum absolute atomic E-state index is 11.5. The van der Waals surface area contributed by atoms with Crippen LogP contribution in [0.3, 0.4) is 0 Å². The fraction of sp³-hybridized carbons (Fsp3) is 0.250. The van der Waals surface area contributed by atoms with E-state index in [9.17, 15) is 14.4 Å². The molecule has 0 atom stereocenters. The summed E-state index contributed by atoms with van der Waals surface area (Å²) in [6.45, 7) is -0.284. The third-order valence-electron chi connectivity index (χ3n) is 1.68. The number of carboxylic acids is 1. The first-order chi connectivity index (χ1) is 7.41. The molecule has 8 heteroatoms. The minimum Gasteiger partial charge on any atom is -0.475 e. The van der Waals surface area contributed by atoms with Crippen LogP contribution in [-0.4, -0.2) is 46.5 Å². The van der Waals surface area contributed by atoms with Crippen LogP contribution < -0.4 is 5.73 Å². The van der Waals surface area contributed by atoms with Gasteiger partial charge in [-0.15, -0.1) is 0 Å². The first-order valence-electron chi connectivity index (χ1n) is 4.15. The number of hydrogen-bond donors (Lipinski definition) is 2. The first kappa shape index (κ1) is 11.7. The van der Waals surface area contributed by atoms with Gasteiger partial charge in [0.15, 0.2) is 5.69 Å². The zero-order valence-corrected chi connectivity index (χ0v) is 8.34. The van der Waals surface area contributed by atoms with E-state index in [1.165, 1.54) is 7.05 Å². The van der Waals surface area contributed by atoms with Crippen molar-refractivity contribution in [1.29, 1.82) is 0 Å². The molecule has 86 valence electrons. The summed E-state index contributed by atoms with van der Waals surface area (Å²) in [7, 11) is 1.34. The molecule has 0 spiro atoms. The number of carbonyl (C=O) groups is 3. The molecular formula is C8H9N3O5. The Morgan fingerprint density at radius 1 is 1.56 bits per heavy atom. The number of likely N-dealkylation sites (N-methyl/N-ethyl adjacent to an activating group) is 1. The van der Waals surface area contributed by atoms with Crippen LogP contribution in [0.4, 0.5) is 0 Å². The van der Waals surface area contributed by atoms with Crippen molar-refractivity contribution < 1.29 is 24.0 Å². The molecule has 0 saturated carbocycles. The lowest BCUT2D eigenvalue weighted by molar-refractivity contribution is -0.118. The van der Waals surface area contributed by atoms with E-state index in [1.807, 2.05) is 0 Å². The van der Waals surface area contributed by atoms with Crippen molar-refractivity contribution in [3.8, 4) is 0 Å². The van der Waals surface area contributed by atoms with Crippen LogP contribution in [0.5, 0.6) is 0 Å². The van der Waals surface area contributed by atoms with E-state index < -0.39 is 23.5 Å². The molecule has 8 nitrogen and oxygen atoms in total. The predicted molar refractivity (Wildman–Crippen MR) is 49.6 cm³/mol. The summed E-state index contributed by atoms with van der Waals surface area (Å²) in [6.07, 6.45) is 0. The van der Waals surface area contributed by atoms with Crippen molar-refractivity contribution in [2.45, 2.75) is 0 Å². The second-order valence-corrected chi connectivity index (χ2v) is 3.01. The second kappa shape index (κ2) is 4.43. The maximum atomic E-state index is 11.5. The molecule has 1 aromatic rings. The standard InChI is InChI=1S/C8H9N3O5/c1-11(3-6(9)12)7(13)4-2-5(8(14)15)16-10-4/h2H,3H2,1H3,(H2,9,12)(H,14,15). The number of rotatable bonds is 4. The summed E-state index contributed by atoms with van der Waals surface area (Å²) in [5.41, 5.74) is 4.70. The third kappa shape index (κ3) is 2.56. The van der Waals surface area contributed by atoms with Crippen molar-refractivity contribution in [2.75, 3.05) is 13.6 Å². The van der Waals surface area contributed by atoms with E-state index in [0.717, 1.165) is 11.0 Å². The number of nitrogens with zero attached hydrogens (tertiary/aromatic N) is 2. The van der Waals surface area contributed by atoms with Crippen LogP contribution in [0.1, 0.15) is 21.0 Å². The highest BCUT2D eigenvalue weighted by Gasteiger charge is 2.20. The van der Waals surface area contributed by atoms with Gasteiger partial charge in [0, 0.05) is 13.1 Å². The summed E-state index contributed by atoms with van der Waals surface area (Å²) in [5, 5.41) is 11.8. The summed E-state index contributed by atoms with van der Waals surface area (Å²) < 4.78 is 4.39. The summed E-state index contributed by atoms with van der Waals surface area (Å²) in [5.74, 6) is -3.10. The smallest absolute Gasteiger partial charge is 0.374 e. The number of carboxylic acid groups (broad SMARTS) is 1. The molecular weight excluding hydrogens is 218 g/mol. The summed E-state index contributed by atoms with van der Waals surface area (Å²) in [4.78, 5) is 33.5. The number of nitrogens with two attached hydrogens (primary N) is 1. The highest BCUT2D eigenvalue weighted by atomic mass is 16.5. The Labute approximate surface area is 89.6 Å². The molecule has 1 aromatic heterocycles. The maximum Gasteiger partial charge on any atom is 0.374 e. The third-order valence-corrected chi connectivity index (χ3v) is 1.68. The molecule has 0 aliphatic heterocycles. The summed E-state index contributed by atoms with van der Waals surface area (Å²) >= 11 is 0. The Hall–Kier alpha value is -2.38. The SMILES string of the molecule is CN(CC(N)=O)C(=O)c1cc(C(=O)O)on1. The Bertz CT molecular complexity index is 439. The minimum atomic E-state index is -1.33.